The van der Waals surface area contributed by atoms with Crippen LogP contribution < -0.4 is 5.32 Å². The number of aldehydes is 1. The third kappa shape index (κ3) is 2.07. The van der Waals surface area contributed by atoms with Crippen LogP contribution in [0.3, 0.4) is 0 Å². The minimum absolute atomic E-state index is 0.258. The summed E-state index contributed by atoms with van der Waals surface area (Å²) in [7, 11) is 1.95. The van der Waals surface area contributed by atoms with Crippen molar-refractivity contribution in [2.45, 2.75) is 38.6 Å². The zero-order valence-corrected chi connectivity index (χ0v) is 8.05. The van der Waals surface area contributed by atoms with Gasteiger partial charge in [0.2, 0.25) is 0 Å². The van der Waals surface area contributed by atoms with Crippen LogP contribution in [-0.2, 0) is 4.79 Å². The normalized spacial score (nSPS) is 36.3. The quantitative estimate of drug-likeness (QED) is 0.650. The molecule has 1 rings (SSSR count). The maximum absolute atomic E-state index is 10.8. The summed E-state index contributed by atoms with van der Waals surface area (Å²) in [4.78, 5) is 10.8. The first-order chi connectivity index (χ1) is 5.81. The summed E-state index contributed by atoms with van der Waals surface area (Å²) >= 11 is 0. The first kappa shape index (κ1) is 9.72. The lowest BCUT2D eigenvalue weighted by molar-refractivity contribution is -0.113. The molecule has 0 heterocycles. The van der Waals surface area contributed by atoms with E-state index in [1.807, 2.05) is 7.05 Å². The molecule has 70 valence electrons. The van der Waals surface area contributed by atoms with Crippen LogP contribution in [0.1, 0.15) is 32.6 Å². The molecule has 0 saturated heterocycles. The van der Waals surface area contributed by atoms with Crippen LogP contribution in [-0.4, -0.2) is 19.4 Å². The van der Waals surface area contributed by atoms with E-state index in [1.165, 1.54) is 19.3 Å². The molecule has 0 radical (unpaired) electrons. The van der Waals surface area contributed by atoms with Crippen molar-refractivity contribution >= 4 is 6.29 Å². The van der Waals surface area contributed by atoms with Crippen LogP contribution in [0.25, 0.3) is 0 Å². The summed E-state index contributed by atoms with van der Waals surface area (Å²) in [5.41, 5.74) is 0. The van der Waals surface area contributed by atoms with Crippen molar-refractivity contribution in [2.24, 2.45) is 11.8 Å². The van der Waals surface area contributed by atoms with Crippen LogP contribution in [0.4, 0.5) is 0 Å². The van der Waals surface area contributed by atoms with Crippen molar-refractivity contribution in [1.82, 2.24) is 5.32 Å². The molecule has 2 nitrogen and oxygen atoms in total. The van der Waals surface area contributed by atoms with Gasteiger partial charge in [-0.1, -0.05) is 13.3 Å². The van der Waals surface area contributed by atoms with Crippen LogP contribution in [0, 0.1) is 11.8 Å². The average molecular weight is 169 g/mol. The van der Waals surface area contributed by atoms with Crippen molar-refractivity contribution in [3.8, 4) is 0 Å². The van der Waals surface area contributed by atoms with Gasteiger partial charge in [-0.25, -0.2) is 0 Å². The van der Waals surface area contributed by atoms with Crippen molar-refractivity contribution in [3.63, 3.8) is 0 Å². The van der Waals surface area contributed by atoms with E-state index in [-0.39, 0.29) is 5.92 Å². The van der Waals surface area contributed by atoms with Gasteiger partial charge < -0.3 is 10.1 Å². The second-order valence-corrected chi connectivity index (χ2v) is 3.78. The van der Waals surface area contributed by atoms with Crippen LogP contribution in [0.2, 0.25) is 0 Å². The Hall–Kier alpha value is -0.370. The van der Waals surface area contributed by atoms with Gasteiger partial charge in [-0.05, 0) is 32.2 Å². The minimum Gasteiger partial charge on any atom is -0.316 e. The van der Waals surface area contributed by atoms with Gasteiger partial charge in [0.15, 0.2) is 0 Å². The number of hydrogen-bond donors (Lipinski definition) is 1. The monoisotopic (exact) mass is 169 g/mol. The lowest BCUT2D eigenvalue weighted by Gasteiger charge is -2.32. The van der Waals surface area contributed by atoms with E-state index < -0.39 is 0 Å². The highest BCUT2D eigenvalue weighted by Gasteiger charge is 2.27. The summed E-state index contributed by atoms with van der Waals surface area (Å²) < 4.78 is 0. The molecule has 3 atom stereocenters. The summed E-state index contributed by atoms with van der Waals surface area (Å²) in [6, 6.07) is 0.435. The van der Waals surface area contributed by atoms with E-state index in [2.05, 4.69) is 12.2 Å². The third-order valence-corrected chi connectivity index (χ3v) is 3.13. The Morgan fingerprint density at radius 3 is 2.75 bits per heavy atom. The summed E-state index contributed by atoms with van der Waals surface area (Å²) in [5, 5.41) is 3.22. The Balaban J connectivity index is 2.47. The first-order valence-electron chi connectivity index (χ1n) is 4.94. The van der Waals surface area contributed by atoms with Crippen LogP contribution >= 0.6 is 0 Å². The molecule has 1 saturated carbocycles. The molecule has 12 heavy (non-hydrogen) atoms. The molecule has 1 fully saturated rings. The average Bonchev–Trinajstić information content (AvgIpc) is 2.16. The number of carbonyl (C=O) groups is 1. The Bertz CT molecular complexity index is 147. The fourth-order valence-electron chi connectivity index (χ4n) is 2.18. The van der Waals surface area contributed by atoms with Gasteiger partial charge in [0.05, 0.1) is 0 Å². The zero-order valence-electron chi connectivity index (χ0n) is 8.05. The highest BCUT2D eigenvalue weighted by molar-refractivity contribution is 5.55. The van der Waals surface area contributed by atoms with E-state index >= 15 is 0 Å². The second kappa shape index (κ2) is 4.61. The Kier molecular flexibility index (Phi) is 3.73. The number of hydrogen-bond acceptors (Lipinski definition) is 2. The number of rotatable bonds is 3. The van der Waals surface area contributed by atoms with E-state index in [0.29, 0.717) is 6.04 Å². The molecule has 1 N–H and O–H groups in total. The number of nitrogens with one attached hydrogen (secondary N) is 1. The predicted molar refractivity (Wildman–Crippen MR) is 50.0 cm³/mol. The molecule has 1 aliphatic rings. The molecule has 1 aliphatic carbocycles. The van der Waals surface area contributed by atoms with Gasteiger partial charge in [0.25, 0.3) is 0 Å². The van der Waals surface area contributed by atoms with Gasteiger partial charge in [0.1, 0.15) is 6.29 Å². The molecule has 0 aliphatic heterocycles. The lowest BCUT2D eigenvalue weighted by atomic mass is 9.78. The fourth-order valence-corrected chi connectivity index (χ4v) is 2.18. The molecule has 0 amide bonds. The van der Waals surface area contributed by atoms with Gasteiger partial charge in [-0.15, -0.1) is 0 Å². The van der Waals surface area contributed by atoms with E-state index in [4.69, 9.17) is 0 Å². The topological polar surface area (TPSA) is 29.1 Å². The van der Waals surface area contributed by atoms with Crippen LogP contribution in [0.15, 0.2) is 0 Å². The van der Waals surface area contributed by atoms with Crippen molar-refractivity contribution < 1.29 is 4.79 Å². The summed E-state index contributed by atoms with van der Waals surface area (Å²) in [6.45, 7) is 2.21. The lowest BCUT2D eigenvalue weighted by Crippen LogP contribution is -2.39. The van der Waals surface area contributed by atoms with Crippen LogP contribution in [0.5, 0.6) is 0 Å². The molecule has 1 unspecified atom stereocenters. The Morgan fingerprint density at radius 1 is 1.50 bits per heavy atom. The maximum Gasteiger partial charge on any atom is 0.124 e. The maximum atomic E-state index is 10.8. The Labute approximate surface area is 74.7 Å². The highest BCUT2D eigenvalue weighted by atomic mass is 16.1. The van der Waals surface area contributed by atoms with Crippen molar-refractivity contribution in [1.29, 1.82) is 0 Å². The van der Waals surface area contributed by atoms with Crippen molar-refractivity contribution in [2.75, 3.05) is 7.05 Å². The largest absolute Gasteiger partial charge is 0.316 e. The molecule has 0 aromatic carbocycles. The molecule has 0 spiro atoms. The predicted octanol–water partition coefficient (Wildman–Crippen LogP) is 1.60. The molecular weight excluding hydrogens is 150 g/mol. The molecule has 0 aromatic rings. The van der Waals surface area contributed by atoms with Gasteiger partial charge in [0, 0.05) is 12.0 Å². The highest BCUT2D eigenvalue weighted by Crippen LogP contribution is 2.29. The summed E-state index contributed by atoms with van der Waals surface area (Å²) in [5.74, 6) is 1.04. The standard InChI is InChI=1S/C10H19NO/c1-3-8-4-5-10(11-2)9(6-8)7-12/h7-11H,3-6H2,1-2H3/t8?,9-,10-/m1/s1. The zero-order chi connectivity index (χ0) is 8.97. The van der Waals surface area contributed by atoms with E-state index in [9.17, 15) is 4.79 Å². The molecule has 0 bridgehead atoms. The SMILES string of the molecule is CCC1CC[C@@H](NC)[C@@H](C=O)C1. The Morgan fingerprint density at radius 2 is 2.25 bits per heavy atom. The minimum atomic E-state index is 0.258. The third-order valence-electron chi connectivity index (χ3n) is 3.13. The number of carbonyl (C=O) groups excluding carboxylic acids is 1. The van der Waals surface area contributed by atoms with Gasteiger partial charge in [-0.3, -0.25) is 0 Å². The molecular formula is C10H19NO. The first-order valence-corrected chi connectivity index (χ1v) is 4.94. The van der Waals surface area contributed by atoms with E-state index in [1.54, 1.807) is 0 Å². The van der Waals surface area contributed by atoms with Gasteiger partial charge >= 0.3 is 0 Å². The van der Waals surface area contributed by atoms with Crippen molar-refractivity contribution in [3.05, 3.63) is 0 Å². The summed E-state index contributed by atoms with van der Waals surface area (Å²) in [6.07, 6.45) is 5.89. The smallest absolute Gasteiger partial charge is 0.124 e. The van der Waals surface area contributed by atoms with E-state index in [0.717, 1.165) is 18.6 Å². The fraction of sp³-hybridized carbons (Fsp3) is 0.900. The van der Waals surface area contributed by atoms with Gasteiger partial charge in [-0.2, -0.15) is 0 Å². The molecule has 2 heteroatoms. The molecule has 0 aromatic heterocycles. The second-order valence-electron chi connectivity index (χ2n) is 3.78.